The normalized spacial score (nSPS) is 20.2. The van der Waals surface area contributed by atoms with Crippen molar-refractivity contribution in [3.05, 3.63) is 23.8 Å². The molecule has 20 heavy (non-hydrogen) atoms. The maximum atomic E-state index is 10.8. The van der Waals surface area contributed by atoms with Gasteiger partial charge in [-0.3, -0.25) is 0 Å². The van der Waals surface area contributed by atoms with Crippen molar-refractivity contribution in [3.8, 4) is 11.5 Å². The zero-order valence-electron chi connectivity index (χ0n) is 11.4. The molecule has 3 rings (SSSR count). The number of benzene rings is 1. The first kappa shape index (κ1) is 13.5. The third-order valence-corrected chi connectivity index (χ3v) is 5.25. The Bertz CT molecular complexity index is 546. The zero-order valence-corrected chi connectivity index (χ0v) is 12.2. The van der Waals surface area contributed by atoms with Crippen LogP contribution in [-0.2, 0) is 10.3 Å². The standard InChI is InChI=1S/C15H17NO3S/c1-18-13-5-2-4-12(14(13)19-11-8-20-9-11)15(16-10-17)6-3-7-15/h2,4-5,11H,3,6-9H2,1H3. The molecule has 1 saturated heterocycles. The van der Waals surface area contributed by atoms with E-state index in [1.807, 2.05) is 30.0 Å². The van der Waals surface area contributed by atoms with Crippen LogP contribution in [0.5, 0.6) is 11.5 Å². The van der Waals surface area contributed by atoms with Crippen LogP contribution in [0.2, 0.25) is 0 Å². The van der Waals surface area contributed by atoms with Crippen LogP contribution in [0.4, 0.5) is 0 Å². The van der Waals surface area contributed by atoms with E-state index in [9.17, 15) is 4.79 Å². The minimum absolute atomic E-state index is 0.229. The summed E-state index contributed by atoms with van der Waals surface area (Å²) in [6.07, 6.45) is 4.76. The summed E-state index contributed by atoms with van der Waals surface area (Å²) in [5.74, 6) is 3.47. The molecule has 1 aliphatic heterocycles. The number of rotatable bonds is 5. The SMILES string of the molecule is COc1cccc(C2(N=C=O)CCC2)c1OC1CSC1. The van der Waals surface area contributed by atoms with Crippen molar-refractivity contribution in [1.82, 2.24) is 0 Å². The van der Waals surface area contributed by atoms with Crippen LogP contribution in [0.25, 0.3) is 0 Å². The third-order valence-electron chi connectivity index (χ3n) is 4.03. The molecular formula is C15H17NO3S. The van der Waals surface area contributed by atoms with E-state index >= 15 is 0 Å². The Morgan fingerprint density at radius 1 is 1.40 bits per heavy atom. The van der Waals surface area contributed by atoms with Crippen LogP contribution < -0.4 is 9.47 Å². The number of methoxy groups -OCH3 is 1. The molecule has 0 aromatic heterocycles. The van der Waals surface area contributed by atoms with Crippen LogP contribution in [-0.4, -0.2) is 30.8 Å². The Kier molecular flexibility index (Phi) is 3.72. The number of hydrogen-bond acceptors (Lipinski definition) is 5. The molecule has 0 N–H and O–H groups in total. The van der Waals surface area contributed by atoms with E-state index in [1.165, 1.54) is 0 Å². The number of isocyanates is 1. The summed E-state index contributed by atoms with van der Waals surface area (Å²) in [5, 5.41) is 0. The predicted molar refractivity (Wildman–Crippen MR) is 78.4 cm³/mol. The lowest BCUT2D eigenvalue weighted by Gasteiger charge is -2.39. The van der Waals surface area contributed by atoms with Crippen molar-refractivity contribution in [3.63, 3.8) is 0 Å². The fourth-order valence-corrected chi connectivity index (χ4v) is 3.22. The molecule has 0 atom stereocenters. The van der Waals surface area contributed by atoms with E-state index in [0.29, 0.717) is 5.75 Å². The van der Waals surface area contributed by atoms with E-state index in [2.05, 4.69) is 4.99 Å². The van der Waals surface area contributed by atoms with Gasteiger partial charge in [-0.15, -0.1) is 0 Å². The summed E-state index contributed by atoms with van der Waals surface area (Å²) >= 11 is 1.87. The van der Waals surface area contributed by atoms with Crippen molar-refractivity contribution in [2.75, 3.05) is 18.6 Å². The van der Waals surface area contributed by atoms with Gasteiger partial charge in [-0.05, 0) is 25.3 Å². The van der Waals surface area contributed by atoms with Crippen LogP contribution in [0.1, 0.15) is 24.8 Å². The van der Waals surface area contributed by atoms with E-state index in [4.69, 9.17) is 9.47 Å². The molecule has 2 aliphatic rings. The highest BCUT2D eigenvalue weighted by molar-refractivity contribution is 8.00. The van der Waals surface area contributed by atoms with Gasteiger partial charge in [-0.2, -0.15) is 16.8 Å². The second kappa shape index (κ2) is 5.51. The molecule has 4 nitrogen and oxygen atoms in total. The fourth-order valence-electron chi connectivity index (χ4n) is 2.65. The maximum absolute atomic E-state index is 10.8. The second-order valence-corrected chi connectivity index (χ2v) is 6.28. The third kappa shape index (κ3) is 2.21. The summed E-state index contributed by atoms with van der Waals surface area (Å²) in [6.45, 7) is 0. The van der Waals surface area contributed by atoms with Gasteiger partial charge in [0.15, 0.2) is 11.5 Å². The summed E-state index contributed by atoms with van der Waals surface area (Å²) in [5.41, 5.74) is 0.506. The Morgan fingerprint density at radius 3 is 2.70 bits per heavy atom. The van der Waals surface area contributed by atoms with Gasteiger partial charge in [0.1, 0.15) is 11.6 Å². The highest BCUT2D eigenvalue weighted by atomic mass is 32.2. The summed E-state index contributed by atoms with van der Waals surface area (Å²) in [4.78, 5) is 14.8. The lowest BCUT2D eigenvalue weighted by atomic mass is 9.72. The molecule has 0 spiro atoms. The van der Waals surface area contributed by atoms with Gasteiger partial charge in [0, 0.05) is 17.1 Å². The molecule has 106 valence electrons. The fraction of sp³-hybridized carbons (Fsp3) is 0.533. The monoisotopic (exact) mass is 291 g/mol. The van der Waals surface area contributed by atoms with E-state index < -0.39 is 5.54 Å². The topological polar surface area (TPSA) is 47.9 Å². The zero-order chi connectivity index (χ0) is 14.0. The number of para-hydroxylation sites is 1. The number of ether oxygens (including phenoxy) is 2. The largest absolute Gasteiger partial charge is 0.493 e. The summed E-state index contributed by atoms with van der Waals surface area (Å²) < 4.78 is 11.5. The number of thioether (sulfide) groups is 1. The Morgan fingerprint density at radius 2 is 2.20 bits per heavy atom. The van der Waals surface area contributed by atoms with Gasteiger partial charge in [0.25, 0.3) is 0 Å². The van der Waals surface area contributed by atoms with Gasteiger partial charge in [-0.1, -0.05) is 12.1 Å². The smallest absolute Gasteiger partial charge is 0.235 e. The molecule has 0 radical (unpaired) electrons. The minimum Gasteiger partial charge on any atom is -0.493 e. The van der Waals surface area contributed by atoms with Crippen molar-refractivity contribution in [2.45, 2.75) is 30.9 Å². The van der Waals surface area contributed by atoms with Crippen molar-refractivity contribution >= 4 is 17.8 Å². The van der Waals surface area contributed by atoms with Gasteiger partial charge < -0.3 is 9.47 Å². The Balaban J connectivity index is 2.01. The molecule has 1 aromatic carbocycles. The quantitative estimate of drug-likeness (QED) is 0.618. The minimum atomic E-state index is -0.456. The molecule has 0 unspecified atom stereocenters. The predicted octanol–water partition coefficient (Wildman–Crippen LogP) is 2.90. The van der Waals surface area contributed by atoms with Crippen LogP contribution >= 0.6 is 11.8 Å². The highest BCUT2D eigenvalue weighted by Gasteiger charge is 2.42. The van der Waals surface area contributed by atoms with Gasteiger partial charge in [0.05, 0.1) is 7.11 Å². The second-order valence-electron chi connectivity index (χ2n) is 5.20. The molecule has 5 heteroatoms. The van der Waals surface area contributed by atoms with Crippen LogP contribution in [0.3, 0.4) is 0 Å². The molecule has 1 aliphatic carbocycles. The molecular weight excluding hydrogens is 274 g/mol. The Hall–Kier alpha value is -1.45. The van der Waals surface area contributed by atoms with Gasteiger partial charge >= 0.3 is 0 Å². The molecule has 1 heterocycles. The number of hydrogen-bond donors (Lipinski definition) is 0. The van der Waals surface area contributed by atoms with Gasteiger partial charge in [0.2, 0.25) is 6.08 Å². The first-order valence-corrected chi connectivity index (χ1v) is 7.95. The number of aliphatic imine (C=N–C) groups is 1. The van der Waals surface area contributed by atoms with E-state index in [-0.39, 0.29) is 6.10 Å². The number of carbonyl (C=O) groups excluding carboxylic acids is 1. The van der Waals surface area contributed by atoms with Gasteiger partial charge in [-0.25, -0.2) is 4.79 Å². The molecule has 0 amide bonds. The Labute approximate surface area is 122 Å². The number of nitrogens with zero attached hydrogens (tertiary/aromatic N) is 1. The maximum Gasteiger partial charge on any atom is 0.235 e. The molecule has 2 fully saturated rings. The molecule has 1 saturated carbocycles. The summed E-state index contributed by atoms with van der Waals surface area (Å²) in [7, 11) is 1.64. The van der Waals surface area contributed by atoms with Crippen molar-refractivity contribution in [2.24, 2.45) is 4.99 Å². The van der Waals surface area contributed by atoms with Crippen molar-refractivity contribution in [1.29, 1.82) is 0 Å². The van der Waals surface area contributed by atoms with Crippen LogP contribution in [0, 0.1) is 0 Å². The lowest BCUT2D eigenvalue weighted by molar-refractivity contribution is 0.201. The van der Waals surface area contributed by atoms with E-state index in [1.54, 1.807) is 13.2 Å². The lowest BCUT2D eigenvalue weighted by Crippen LogP contribution is -2.35. The van der Waals surface area contributed by atoms with Crippen LogP contribution in [0.15, 0.2) is 23.2 Å². The average Bonchev–Trinajstić information content (AvgIpc) is 2.38. The molecule has 0 bridgehead atoms. The molecule has 1 aromatic rings. The summed E-state index contributed by atoms with van der Waals surface area (Å²) in [6, 6.07) is 5.81. The first-order chi connectivity index (χ1) is 9.79. The van der Waals surface area contributed by atoms with E-state index in [0.717, 1.165) is 42.1 Å². The first-order valence-electron chi connectivity index (χ1n) is 6.80. The van der Waals surface area contributed by atoms with Crippen molar-refractivity contribution < 1.29 is 14.3 Å². The average molecular weight is 291 g/mol. The highest BCUT2D eigenvalue weighted by Crippen LogP contribution is 2.50.